The Balaban J connectivity index is 1.98. The molecule has 1 rings (SSSR count). The number of aliphatic hydroxyl groups excluding tert-OH is 1. The monoisotopic (exact) mass is 294 g/mol. The van der Waals surface area contributed by atoms with E-state index < -0.39 is 0 Å². The predicted octanol–water partition coefficient (Wildman–Crippen LogP) is 6.24. The highest BCUT2D eigenvalue weighted by Crippen LogP contribution is 2.25. The molecule has 1 heterocycles. The zero-order valence-electron chi connectivity index (χ0n) is 14.3. The van der Waals surface area contributed by atoms with Crippen molar-refractivity contribution in [2.45, 2.75) is 97.5 Å². The van der Waals surface area contributed by atoms with Crippen molar-refractivity contribution in [3.63, 3.8) is 0 Å². The first kappa shape index (κ1) is 18.3. The molecule has 0 aliphatic carbocycles. The van der Waals surface area contributed by atoms with Crippen LogP contribution in [0.1, 0.15) is 101 Å². The molecule has 0 spiro atoms. The van der Waals surface area contributed by atoms with Crippen LogP contribution in [0.5, 0.6) is 0 Å². The highest BCUT2D eigenvalue weighted by Gasteiger charge is 2.13. The zero-order valence-corrected chi connectivity index (χ0v) is 14.3. The minimum absolute atomic E-state index is 0.350. The molecule has 0 aliphatic heterocycles. The third-order valence-electron chi connectivity index (χ3n) is 4.27. The highest BCUT2D eigenvalue weighted by molar-refractivity contribution is 5.22. The molecular weight excluding hydrogens is 260 g/mol. The first-order valence-corrected chi connectivity index (χ1v) is 8.90. The predicted molar refractivity (Wildman–Crippen MR) is 89.6 cm³/mol. The van der Waals surface area contributed by atoms with Crippen LogP contribution < -0.4 is 0 Å². The lowest BCUT2D eigenvalue weighted by molar-refractivity contribution is 0.161. The van der Waals surface area contributed by atoms with E-state index in [0.717, 1.165) is 29.9 Å². The summed E-state index contributed by atoms with van der Waals surface area (Å²) in [6, 6.07) is 1.97. The molecule has 0 aromatic carbocycles. The number of furan rings is 1. The standard InChI is InChI=1S/C19H34O2/c1-4-5-6-7-8-9-10-11-12-13-14-19(20)18-15-16(2)21-17(18)3/h15,19-20H,4-14H2,1-3H3. The van der Waals surface area contributed by atoms with E-state index in [2.05, 4.69) is 6.92 Å². The summed E-state index contributed by atoms with van der Waals surface area (Å²) < 4.78 is 5.48. The lowest BCUT2D eigenvalue weighted by Crippen LogP contribution is -1.97. The highest BCUT2D eigenvalue weighted by atomic mass is 16.3. The molecule has 0 amide bonds. The smallest absolute Gasteiger partial charge is 0.106 e. The van der Waals surface area contributed by atoms with Crippen LogP contribution in [0.15, 0.2) is 10.5 Å². The molecule has 1 aromatic rings. The molecule has 2 heteroatoms. The number of rotatable bonds is 12. The molecule has 21 heavy (non-hydrogen) atoms. The molecule has 1 aromatic heterocycles. The van der Waals surface area contributed by atoms with Crippen LogP contribution in [0.2, 0.25) is 0 Å². The Kier molecular flexibility index (Phi) is 9.49. The quantitative estimate of drug-likeness (QED) is 0.463. The molecular formula is C19H34O2. The van der Waals surface area contributed by atoms with Gasteiger partial charge in [-0.2, -0.15) is 0 Å². The molecule has 0 fully saturated rings. The minimum atomic E-state index is -0.350. The van der Waals surface area contributed by atoms with Gasteiger partial charge in [-0.3, -0.25) is 0 Å². The lowest BCUT2D eigenvalue weighted by atomic mass is 10.0. The largest absolute Gasteiger partial charge is 0.466 e. The van der Waals surface area contributed by atoms with Gasteiger partial charge in [0, 0.05) is 5.56 Å². The van der Waals surface area contributed by atoms with Crippen molar-refractivity contribution in [2.24, 2.45) is 0 Å². The van der Waals surface area contributed by atoms with Gasteiger partial charge in [0.2, 0.25) is 0 Å². The Morgan fingerprint density at radius 2 is 1.43 bits per heavy atom. The molecule has 0 bridgehead atoms. The van der Waals surface area contributed by atoms with Crippen molar-refractivity contribution in [2.75, 3.05) is 0 Å². The Morgan fingerprint density at radius 1 is 0.905 bits per heavy atom. The fourth-order valence-electron chi connectivity index (χ4n) is 2.96. The maximum atomic E-state index is 10.2. The molecule has 1 N–H and O–H groups in total. The van der Waals surface area contributed by atoms with Crippen molar-refractivity contribution < 1.29 is 9.52 Å². The van der Waals surface area contributed by atoms with Crippen molar-refractivity contribution in [1.82, 2.24) is 0 Å². The summed E-state index contributed by atoms with van der Waals surface area (Å²) in [5, 5.41) is 10.2. The van der Waals surface area contributed by atoms with Crippen LogP contribution in [-0.4, -0.2) is 5.11 Å². The third kappa shape index (κ3) is 7.71. The van der Waals surface area contributed by atoms with Gasteiger partial charge in [0.05, 0.1) is 6.10 Å². The summed E-state index contributed by atoms with van der Waals surface area (Å²) in [5.74, 6) is 1.76. The maximum absolute atomic E-state index is 10.2. The second-order valence-electron chi connectivity index (χ2n) is 6.36. The van der Waals surface area contributed by atoms with E-state index in [1.54, 1.807) is 0 Å². The van der Waals surface area contributed by atoms with Crippen LogP contribution in [0.25, 0.3) is 0 Å². The average molecular weight is 294 g/mol. The van der Waals surface area contributed by atoms with Gasteiger partial charge < -0.3 is 9.52 Å². The Labute approximate surface area is 130 Å². The van der Waals surface area contributed by atoms with E-state index >= 15 is 0 Å². The van der Waals surface area contributed by atoms with Gasteiger partial charge in [-0.25, -0.2) is 0 Å². The van der Waals surface area contributed by atoms with Gasteiger partial charge in [0.25, 0.3) is 0 Å². The first-order valence-electron chi connectivity index (χ1n) is 8.90. The number of hydrogen-bond acceptors (Lipinski definition) is 2. The summed E-state index contributed by atoms with van der Waals surface area (Å²) in [4.78, 5) is 0. The van der Waals surface area contributed by atoms with Gasteiger partial charge in [-0.1, -0.05) is 71.1 Å². The molecule has 122 valence electrons. The normalized spacial score (nSPS) is 12.8. The van der Waals surface area contributed by atoms with Crippen molar-refractivity contribution in [1.29, 1.82) is 0 Å². The summed E-state index contributed by atoms with van der Waals surface area (Å²) in [6.45, 7) is 6.13. The fraction of sp³-hybridized carbons (Fsp3) is 0.789. The minimum Gasteiger partial charge on any atom is -0.466 e. The summed E-state index contributed by atoms with van der Waals surface area (Å²) in [6.07, 6.45) is 13.8. The van der Waals surface area contributed by atoms with Crippen LogP contribution in [-0.2, 0) is 0 Å². The van der Waals surface area contributed by atoms with Gasteiger partial charge in [-0.15, -0.1) is 0 Å². The molecule has 0 saturated heterocycles. The Bertz CT molecular complexity index is 368. The maximum Gasteiger partial charge on any atom is 0.106 e. The van der Waals surface area contributed by atoms with E-state index in [4.69, 9.17) is 4.42 Å². The third-order valence-corrected chi connectivity index (χ3v) is 4.27. The van der Waals surface area contributed by atoms with Crippen LogP contribution in [0.3, 0.4) is 0 Å². The van der Waals surface area contributed by atoms with Gasteiger partial charge >= 0.3 is 0 Å². The zero-order chi connectivity index (χ0) is 15.5. The van der Waals surface area contributed by atoms with Crippen molar-refractivity contribution in [3.8, 4) is 0 Å². The molecule has 2 nitrogen and oxygen atoms in total. The summed E-state index contributed by atoms with van der Waals surface area (Å²) in [5.41, 5.74) is 0.975. The number of aryl methyl sites for hydroxylation is 2. The van der Waals surface area contributed by atoms with Crippen LogP contribution in [0.4, 0.5) is 0 Å². The Hall–Kier alpha value is -0.760. The average Bonchev–Trinajstić information content (AvgIpc) is 2.79. The molecule has 0 aliphatic rings. The van der Waals surface area contributed by atoms with E-state index in [0.29, 0.717) is 0 Å². The van der Waals surface area contributed by atoms with E-state index in [1.807, 2.05) is 19.9 Å². The number of hydrogen-bond donors (Lipinski definition) is 1. The van der Waals surface area contributed by atoms with Crippen LogP contribution >= 0.6 is 0 Å². The van der Waals surface area contributed by atoms with E-state index in [9.17, 15) is 5.11 Å². The lowest BCUT2D eigenvalue weighted by Gasteiger charge is -2.09. The molecule has 1 unspecified atom stereocenters. The SMILES string of the molecule is CCCCCCCCCCCCC(O)c1cc(C)oc1C. The van der Waals surface area contributed by atoms with Crippen LogP contribution in [0, 0.1) is 13.8 Å². The van der Waals surface area contributed by atoms with Gasteiger partial charge in [0.1, 0.15) is 11.5 Å². The second-order valence-corrected chi connectivity index (χ2v) is 6.36. The number of unbranched alkanes of at least 4 members (excludes halogenated alkanes) is 9. The molecule has 0 saturated carbocycles. The summed E-state index contributed by atoms with van der Waals surface area (Å²) >= 11 is 0. The van der Waals surface area contributed by atoms with E-state index in [-0.39, 0.29) is 6.10 Å². The topological polar surface area (TPSA) is 33.4 Å². The number of aliphatic hydroxyl groups is 1. The van der Waals surface area contributed by atoms with Crippen molar-refractivity contribution >= 4 is 0 Å². The van der Waals surface area contributed by atoms with Crippen molar-refractivity contribution in [3.05, 3.63) is 23.2 Å². The fourth-order valence-corrected chi connectivity index (χ4v) is 2.96. The second kappa shape index (κ2) is 10.9. The molecule has 0 radical (unpaired) electrons. The summed E-state index contributed by atoms with van der Waals surface area (Å²) in [7, 11) is 0. The van der Waals surface area contributed by atoms with Gasteiger partial charge in [0.15, 0.2) is 0 Å². The molecule has 1 atom stereocenters. The Morgan fingerprint density at radius 3 is 1.90 bits per heavy atom. The first-order chi connectivity index (χ1) is 10.1. The van der Waals surface area contributed by atoms with Gasteiger partial charge in [-0.05, 0) is 26.3 Å². The van der Waals surface area contributed by atoms with E-state index in [1.165, 1.54) is 57.8 Å².